The van der Waals surface area contributed by atoms with E-state index in [0.29, 0.717) is 0 Å². The van der Waals surface area contributed by atoms with Crippen molar-refractivity contribution in [1.29, 1.82) is 10.5 Å². The second-order valence-electron chi connectivity index (χ2n) is 5.09. The molecule has 2 aromatic rings. The quantitative estimate of drug-likeness (QED) is 0.471. The molecular formula is C16H13N5O3S. The van der Waals surface area contributed by atoms with Crippen molar-refractivity contribution in [2.24, 2.45) is 0 Å². The Labute approximate surface area is 147 Å². The van der Waals surface area contributed by atoms with E-state index in [2.05, 4.69) is 4.98 Å². The molecule has 0 bridgehead atoms. The molecule has 0 amide bonds. The first-order chi connectivity index (χ1) is 11.9. The van der Waals surface area contributed by atoms with Crippen LogP contribution < -0.4 is 5.73 Å². The Morgan fingerprint density at radius 2 is 2.00 bits per heavy atom. The van der Waals surface area contributed by atoms with E-state index in [4.69, 9.17) is 5.73 Å². The van der Waals surface area contributed by atoms with Crippen LogP contribution in [0.4, 0.5) is 11.5 Å². The van der Waals surface area contributed by atoms with Crippen molar-refractivity contribution in [1.82, 2.24) is 4.98 Å². The van der Waals surface area contributed by atoms with Crippen LogP contribution in [0.5, 0.6) is 0 Å². The first kappa shape index (κ1) is 18.2. The highest BCUT2D eigenvalue weighted by Crippen LogP contribution is 2.39. The van der Waals surface area contributed by atoms with Crippen molar-refractivity contribution in [3.8, 4) is 23.3 Å². The number of hydrogen-bond donors (Lipinski definition) is 2. The van der Waals surface area contributed by atoms with E-state index in [1.165, 1.54) is 18.2 Å². The number of anilines is 1. The zero-order chi connectivity index (χ0) is 18.6. The first-order valence-electron chi connectivity index (χ1n) is 7.09. The van der Waals surface area contributed by atoms with E-state index in [1.54, 1.807) is 13.0 Å². The molecule has 3 N–H and O–H groups in total. The molecule has 1 aromatic heterocycles. The molecule has 0 saturated carbocycles. The minimum absolute atomic E-state index is 0.0192. The third-order valence-electron chi connectivity index (χ3n) is 3.25. The molecule has 0 fully saturated rings. The minimum atomic E-state index is -0.648. The smallest absolute Gasteiger partial charge is 0.277 e. The lowest BCUT2D eigenvalue weighted by Gasteiger charge is -2.13. The number of benzene rings is 1. The van der Waals surface area contributed by atoms with E-state index in [9.17, 15) is 25.7 Å². The zero-order valence-electron chi connectivity index (χ0n) is 13.1. The molecule has 0 saturated heterocycles. The van der Waals surface area contributed by atoms with Gasteiger partial charge in [-0.2, -0.15) is 10.5 Å². The van der Waals surface area contributed by atoms with Gasteiger partial charge in [-0.05, 0) is 13.0 Å². The molecule has 9 heteroatoms. The largest absolute Gasteiger partial charge is 0.393 e. The first-order valence-corrected chi connectivity index (χ1v) is 8.07. The van der Waals surface area contributed by atoms with Crippen molar-refractivity contribution >= 4 is 23.3 Å². The number of nitro benzene ring substituents is 1. The van der Waals surface area contributed by atoms with Gasteiger partial charge in [0.05, 0.1) is 22.2 Å². The molecule has 0 aliphatic carbocycles. The summed E-state index contributed by atoms with van der Waals surface area (Å²) in [5.41, 5.74) is 5.72. The number of hydrogen-bond acceptors (Lipinski definition) is 8. The summed E-state index contributed by atoms with van der Waals surface area (Å²) in [4.78, 5) is 14.8. The van der Waals surface area contributed by atoms with Gasteiger partial charge in [-0.3, -0.25) is 10.1 Å². The van der Waals surface area contributed by atoms with Crippen LogP contribution >= 0.6 is 11.8 Å². The Bertz CT molecular complexity index is 915. The monoisotopic (exact) mass is 355 g/mol. The summed E-state index contributed by atoms with van der Waals surface area (Å²) < 4.78 is 0. The molecule has 0 aliphatic rings. The Hall–Kier alpha value is -3.14. The minimum Gasteiger partial charge on any atom is -0.393 e. The number of rotatable bonds is 5. The van der Waals surface area contributed by atoms with Gasteiger partial charge in [0, 0.05) is 17.4 Å². The van der Waals surface area contributed by atoms with Crippen LogP contribution in [0.3, 0.4) is 0 Å². The number of nitrogens with zero attached hydrogens (tertiary/aromatic N) is 4. The molecule has 1 atom stereocenters. The van der Waals surface area contributed by atoms with E-state index in [1.807, 2.05) is 12.1 Å². The molecule has 25 heavy (non-hydrogen) atoms. The fourth-order valence-electron chi connectivity index (χ4n) is 2.22. The number of nitrogen functional groups attached to an aromatic ring is 1. The van der Waals surface area contributed by atoms with Crippen molar-refractivity contribution in [3.05, 3.63) is 45.5 Å². The summed E-state index contributed by atoms with van der Waals surface area (Å²) in [7, 11) is 0. The van der Waals surface area contributed by atoms with Crippen LogP contribution in [0.25, 0.3) is 11.1 Å². The van der Waals surface area contributed by atoms with Crippen LogP contribution in [-0.4, -0.2) is 26.9 Å². The molecule has 0 radical (unpaired) electrons. The highest BCUT2D eigenvalue weighted by molar-refractivity contribution is 7.99. The number of thioether (sulfide) groups is 1. The van der Waals surface area contributed by atoms with Crippen LogP contribution in [-0.2, 0) is 0 Å². The van der Waals surface area contributed by atoms with Gasteiger partial charge < -0.3 is 10.8 Å². The van der Waals surface area contributed by atoms with E-state index < -0.39 is 11.0 Å². The Morgan fingerprint density at radius 3 is 2.56 bits per heavy atom. The van der Waals surface area contributed by atoms with Gasteiger partial charge in [-0.25, -0.2) is 4.98 Å². The molecule has 0 aliphatic heterocycles. The van der Waals surface area contributed by atoms with E-state index in [-0.39, 0.29) is 44.5 Å². The number of nitro groups is 1. The van der Waals surface area contributed by atoms with Crippen molar-refractivity contribution < 1.29 is 10.0 Å². The van der Waals surface area contributed by atoms with E-state index in [0.717, 1.165) is 11.8 Å². The average molecular weight is 355 g/mol. The zero-order valence-corrected chi connectivity index (χ0v) is 13.9. The fourth-order valence-corrected chi connectivity index (χ4v) is 3.07. The molecule has 1 aromatic carbocycles. The molecular weight excluding hydrogens is 342 g/mol. The molecule has 8 nitrogen and oxygen atoms in total. The van der Waals surface area contributed by atoms with Gasteiger partial charge in [0.15, 0.2) is 0 Å². The van der Waals surface area contributed by atoms with Crippen LogP contribution in [0.2, 0.25) is 0 Å². The fraction of sp³-hybridized carbons (Fsp3) is 0.188. The maximum absolute atomic E-state index is 11.3. The second-order valence-corrected chi connectivity index (χ2v) is 6.09. The van der Waals surface area contributed by atoms with Gasteiger partial charge in [0.25, 0.3) is 5.69 Å². The number of aromatic nitrogens is 1. The predicted octanol–water partition coefficient (Wildman–Crippen LogP) is 2.46. The third-order valence-corrected chi connectivity index (χ3v) is 4.46. The summed E-state index contributed by atoms with van der Waals surface area (Å²) in [6, 6.07) is 9.65. The molecule has 1 unspecified atom stereocenters. The van der Waals surface area contributed by atoms with Crippen LogP contribution in [0.1, 0.15) is 18.1 Å². The SMILES string of the molecule is CC(O)CSc1nc(N)c(C#N)c(-c2ccccc2[N+](=O)[O-])c1C#N. The molecule has 2 rings (SSSR count). The van der Waals surface area contributed by atoms with Crippen molar-refractivity contribution in [2.45, 2.75) is 18.1 Å². The Morgan fingerprint density at radius 1 is 1.36 bits per heavy atom. The Balaban J connectivity index is 2.83. The number of nitrogens with two attached hydrogens (primary N) is 1. The van der Waals surface area contributed by atoms with Gasteiger partial charge in [0.2, 0.25) is 0 Å². The van der Waals surface area contributed by atoms with Gasteiger partial charge in [-0.1, -0.05) is 12.1 Å². The van der Waals surface area contributed by atoms with Gasteiger partial charge in [-0.15, -0.1) is 11.8 Å². The third kappa shape index (κ3) is 3.69. The highest BCUT2D eigenvalue weighted by Gasteiger charge is 2.25. The summed E-state index contributed by atoms with van der Waals surface area (Å²) in [5, 5.41) is 40.0. The summed E-state index contributed by atoms with van der Waals surface area (Å²) in [5.74, 6) is 0.131. The Kier molecular flexibility index (Phi) is 5.55. The van der Waals surface area contributed by atoms with Crippen LogP contribution in [0.15, 0.2) is 29.3 Å². The number of nitriles is 2. The lowest BCUT2D eigenvalue weighted by Crippen LogP contribution is -2.07. The number of aliphatic hydroxyl groups excluding tert-OH is 1. The summed E-state index contributed by atoms with van der Waals surface area (Å²) in [6.45, 7) is 1.58. The maximum Gasteiger partial charge on any atom is 0.277 e. The average Bonchev–Trinajstić information content (AvgIpc) is 2.59. The van der Waals surface area contributed by atoms with Crippen LogP contribution in [0, 0.1) is 32.8 Å². The highest BCUT2D eigenvalue weighted by atomic mass is 32.2. The summed E-state index contributed by atoms with van der Waals surface area (Å²) in [6.07, 6.45) is -0.648. The molecule has 126 valence electrons. The summed E-state index contributed by atoms with van der Waals surface area (Å²) >= 11 is 1.09. The maximum atomic E-state index is 11.3. The van der Waals surface area contributed by atoms with Gasteiger partial charge in [0.1, 0.15) is 28.5 Å². The van der Waals surface area contributed by atoms with E-state index >= 15 is 0 Å². The number of para-hydroxylation sites is 1. The molecule has 1 heterocycles. The standard InChI is InChI=1S/C16H13N5O3S/c1-9(22)8-25-16-12(7-18)14(11(6-17)15(19)20-16)10-4-2-3-5-13(10)21(23)24/h2-5,9,22H,8H2,1H3,(H2,19,20). The lowest BCUT2D eigenvalue weighted by atomic mass is 9.95. The molecule has 0 spiro atoms. The van der Waals surface area contributed by atoms with Gasteiger partial charge >= 0.3 is 0 Å². The second kappa shape index (κ2) is 7.62. The van der Waals surface area contributed by atoms with Crippen molar-refractivity contribution in [2.75, 3.05) is 11.5 Å². The number of pyridine rings is 1. The van der Waals surface area contributed by atoms with Crippen molar-refractivity contribution in [3.63, 3.8) is 0 Å². The normalized spacial score (nSPS) is 11.4. The predicted molar refractivity (Wildman–Crippen MR) is 92.6 cm³/mol. The number of aliphatic hydroxyl groups is 1. The topological polar surface area (TPSA) is 150 Å². The lowest BCUT2D eigenvalue weighted by molar-refractivity contribution is -0.384.